The van der Waals surface area contributed by atoms with Crippen LogP contribution in [0.25, 0.3) is 12.2 Å². The Bertz CT molecular complexity index is 1180. The molecule has 37 heavy (non-hydrogen) atoms. The largest absolute Gasteiger partial charge is 0.326 e. The number of hydrogen-bond donors (Lipinski definition) is 3. The highest BCUT2D eigenvalue weighted by atomic mass is 19.1. The van der Waals surface area contributed by atoms with Gasteiger partial charge in [0.25, 0.3) is 0 Å². The van der Waals surface area contributed by atoms with Gasteiger partial charge in [-0.3, -0.25) is 14.9 Å². The molecule has 2 aromatic carbocycles. The van der Waals surface area contributed by atoms with E-state index in [-0.39, 0.29) is 11.9 Å². The van der Waals surface area contributed by atoms with Gasteiger partial charge in [0.2, 0.25) is 12.2 Å². The van der Waals surface area contributed by atoms with E-state index in [1.165, 1.54) is 0 Å². The number of carbonyl (C=O) groups is 2. The third-order valence-corrected chi connectivity index (χ3v) is 8.54. The molecular weight excluding hydrogens is 467 g/mol. The summed E-state index contributed by atoms with van der Waals surface area (Å²) in [5.41, 5.74) is 2.07. The van der Waals surface area contributed by atoms with Crippen molar-refractivity contribution in [2.45, 2.75) is 62.8 Å². The van der Waals surface area contributed by atoms with Gasteiger partial charge in [-0.05, 0) is 68.2 Å². The number of ketones is 1. The van der Waals surface area contributed by atoms with E-state index in [2.05, 4.69) is 28.1 Å². The maximum Gasteiger partial charge on any atom is 0.230 e. The number of benzene rings is 2. The summed E-state index contributed by atoms with van der Waals surface area (Å²) in [5.74, 6) is -0.913. The topological polar surface area (TPSA) is 94.0 Å². The maximum absolute atomic E-state index is 15.0. The van der Waals surface area contributed by atoms with E-state index in [0.29, 0.717) is 51.5 Å². The molecule has 1 aliphatic heterocycles. The van der Waals surface area contributed by atoms with Crippen LogP contribution >= 0.6 is 0 Å². The zero-order chi connectivity index (χ0) is 25.9. The van der Waals surface area contributed by atoms with Crippen molar-refractivity contribution in [2.75, 3.05) is 11.9 Å². The summed E-state index contributed by atoms with van der Waals surface area (Å²) < 4.78 is 15.0. The molecule has 6 nitrogen and oxygen atoms in total. The van der Waals surface area contributed by atoms with Crippen molar-refractivity contribution in [2.24, 2.45) is 11.3 Å². The number of nitrogens with zero attached hydrogens (tertiary/aromatic N) is 1. The smallest absolute Gasteiger partial charge is 0.230 e. The minimum absolute atomic E-state index is 0.0285. The van der Waals surface area contributed by atoms with Crippen molar-refractivity contribution in [3.05, 3.63) is 65.7 Å². The van der Waals surface area contributed by atoms with Gasteiger partial charge >= 0.3 is 0 Å². The molecule has 1 heterocycles. The predicted octanol–water partition coefficient (Wildman–Crippen LogP) is 4.84. The van der Waals surface area contributed by atoms with E-state index in [1.807, 2.05) is 60.7 Å². The van der Waals surface area contributed by atoms with Gasteiger partial charge in [-0.1, -0.05) is 54.6 Å². The van der Waals surface area contributed by atoms with Crippen molar-refractivity contribution in [1.82, 2.24) is 10.6 Å². The third kappa shape index (κ3) is 5.51. The molecular formula is C30H33FN4O2. The Morgan fingerprint density at radius 2 is 1.59 bits per heavy atom. The molecule has 1 unspecified atom stereocenters. The molecule has 2 aromatic rings. The lowest BCUT2D eigenvalue weighted by Crippen LogP contribution is -2.60. The summed E-state index contributed by atoms with van der Waals surface area (Å²) in [6.45, 7) is 0.347. The van der Waals surface area contributed by atoms with Gasteiger partial charge in [-0.15, -0.1) is 0 Å². The lowest BCUT2D eigenvalue weighted by Gasteiger charge is -2.53. The molecule has 6 rings (SSSR count). The van der Waals surface area contributed by atoms with E-state index < -0.39 is 29.0 Å². The second-order valence-electron chi connectivity index (χ2n) is 10.8. The molecule has 0 spiro atoms. The number of nitrogens with one attached hydrogen (secondary N) is 3. The van der Waals surface area contributed by atoms with Crippen LogP contribution in [-0.4, -0.2) is 36.1 Å². The lowest BCUT2D eigenvalue weighted by atomic mass is 9.56. The molecule has 3 saturated carbocycles. The Morgan fingerprint density at radius 3 is 2.19 bits per heavy atom. The quantitative estimate of drug-likeness (QED) is 0.356. The fourth-order valence-electron chi connectivity index (χ4n) is 6.04. The van der Waals surface area contributed by atoms with Crippen LogP contribution in [0.4, 0.5) is 10.1 Å². The van der Waals surface area contributed by atoms with Crippen molar-refractivity contribution in [3.63, 3.8) is 0 Å². The zero-order valence-electron chi connectivity index (χ0n) is 20.9. The monoisotopic (exact) mass is 500 g/mol. The number of Topliss-reactive ketones (excluding diaryl/α,β-unsaturated/α-hetero) is 1. The van der Waals surface area contributed by atoms with Gasteiger partial charge in [0.15, 0.2) is 5.78 Å². The van der Waals surface area contributed by atoms with Crippen LogP contribution in [-0.2, 0) is 9.59 Å². The lowest BCUT2D eigenvalue weighted by molar-refractivity contribution is -0.136. The molecule has 0 radical (unpaired) electrons. The highest BCUT2D eigenvalue weighted by molar-refractivity contribution is 5.95. The first-order valence-corrected chi connectivity index (χ1v) is 13.1. The summed E-state index contributed by atoms with van der Waals surface area (Å²) in [6, 6.07) is 19.6. The van der Waals surface area contributed by atoms with Crippen LogP contribution < -0.4 is 16.0 Å². The predicted molar refractivity (Wildman–Crippen MR) is 142 cm³/mol. The van der Waals surface area contributed by atoms with Crippen LogP contribution in [0.3, 0.4) is 0 Å². The fourth-order valence-corrected chi connectivity index (χ4v) is 6.04. The fraction of sp³-hybridized carbons (Fsp3) is 0.433. The molecule has 4 aliphatic rings. The minimum Gasteiger partial charge on any atom is -0.326 e. The summed E-state index contributed by atoms with van der Waals surface area (Å²) in [4.78, 5) is 25.9. The van der Waals surface area contributed by atoms with Gasteiger partial charge in [0, 0.05) is 29.1 Å². The SMILES string of the molecule is N#C[C@@H]1C[C@H](C(=O)C(F)NC23CCC(C(=O)Nc4ccc(C=Cc5ccccc5)cc4)(CC2)CC3)CN1. The van der Waals surface area contributed by atoms with Crippen molar-refractivity contribution < 1.29 is 14.0 Å². The van der Waals surface area contributed by atoms with Crippen molar-refractivity contribution in [3.8, 4) is 6.07 Å². The van der Waals surface area contributed by atoms with Crippen LogP contribution in [0.15, 0.2) is 54.6 Å². The van der Waals surface area contributed by atoms with Crippen LogP contribution in [0.2, 0.25) is 0 Å². The highest BCUT2D eigenvalue weighted by Gasteiger charge is 2.53. The number of fused-ring (bicyclic) bond motifs is 3. The highest BCUT2D eigenvalue weighted by Crippen LogP contribution is 2.53. The summed E-state index contributed by atoms with van der Waals surface area (Å²) in [5, 5.41) is 18.1. The second-order valence-corrected chi connectivity index (χ2v) is 10.8. The van der Waals surface area contributed by atoms with E-state index in [1.54, 1.807) is 0 Å². The van der Waals surface area contributed by atoms with E-state index in [0.717, 1.165) is 16.8 Å². The normalized spacial score (nSPS) is 29.6. The van der Waals surface area contributed by atoms with Gasteiger partial charge in [-0.25, -0.2) is 4.39 Å². The van der Waals surface area contributed by atoms with Crippen LogP contribution in [0, 0.1) is 22.7 Å². The average molecular weight is 501 g/mol. The first kappa shape index (κ1) is 25.3. The number of hydrogen-bond acceptors (Lipinski definition) is 5. The number of halogens is 1. The molecule has 3 aliphatic carbocycles. The summed E-state index contributed by atoms with van der Waals surface area (Å²) in [6.07, 6.45) is 6.74. The molecule has 1 amide bonds. The van der Waals surface area contributed by atoms with Crippen LogP contribution in [0.1, 0.15) is 56.1 Å². The number of amides is 1. The number of nitriles is 1. The molecule has 192 valence electrons. The number of carbonyl (C=O) groups excluding carboxylic acids is 2. The molecule has 7 heteroatoms. The Morgan fingerprint density at radius 1 is 0.973 bits per heavy atom. The zero-order valence-corrected chi connectivity index (χ0v) is 20.9. The molecule has 3 atom stereocenters. The van der Waals surface area contributed by atoms with Gasteiger partial charge in [-0.2, -0.15) is 5.26 Å². The van der Waals surface area contributed by atoms with E-state index in [9.17, 15) is 14.0 Å². The Hall–Kier alpha value is -3.34. The minimum atomic E-state index is -1.74. The Labute approximate surface area is 217 Å². The van der Waals surface area contributed by atoms with Gasteiger partial charge in [0.1, 0.15) is 0 Å². The Balaban J connectivity index is 1.14. The van der Waals surface area contributed by atoms with Crippen LogP contribution in [0.5, 0.6) is 0 Å². The first-order chi connectivity index (χ1) is 17.9. The average Bonchev–Trinajstić information content (AvgIpc) is 3.43. The second kappa shape index (κ2) is 10.6. The number of rotatable bonds is 8. The number of anilines is 1. The Kier molecular flexibility index (Phi) is 7.23. The van der Waals surface area contributed by atoms with Gasteiger partial charge < -0.3 is 10.6 Å². The molecule has 2 bridgehead atoms. The molecule has 0 aromatic heterocycles. The summed E-state index contributed by atoms with van der Waals surface area (Å²) in [7, 11) is 0. The molecule has 1 saturated heterocycles. The van der Waals surface area contributed by atoms with Crippen molar-refractivity contribution >= 4 is 29.5 Å². The maximum atomic E-state index is 15.0. The standard InChI is InChI=1S/C30H33FN4O2/c31-27(26(36)23-18-25(19-32)33-20-23)35-30-15-12-29(13-16-30,14-17-30)28(37)34-24-10-8-22(9-11-24)7-6-21-4-2-1-3-5-21/h1-11,23,25,27,33,35H,12-18,20H2,(H,34,37)/t23-,25-,27?,29?,30?/m0/s1. The third-order valence-electron chi connectivity index (χ3n) is 8.54. The molecule has 4 fully saturated rings. The van der Waals surface area contributed by atoms with Crippen molar-refractivity contribution in [1.29, 1.82) is 5.26 Å². The first-order valence-electron chi connectivity index (χ1n) is 13.1. The van der Waals surface area contributed by atoms with E-state index in [4.69, 9.17) is 5.26 Å². The molecule has 3 N–H and O–H groups in total. The summed E-state index contributed by atoms with van der Waals surface area (Å²) >= 11 is 0. The van der Waals surface area contributed by atoms with E-state index >= 15 is 0 Å². The van der Waals surface area contributed by atoms with Gasteiger partial charge in [0.05, 0.1) is 12.1 Å². The number of alkyl halides is 1.